The number of rotatable bonds is 1. The summed E-state index contributed by atoms with van der Waals surface area (Å²) < 4.78 is 29.4. The Morgan fingerprint density at radius 3 is 2.17 bits per heavy atom. The smallest absolute Gasteiger partial charge is 0.163 e. The van der Waals surface area contributed by atoms with E-state index in [4.69, 9.17) is 24.4 Å². The zero-order valence-electron chi connectivity index (χ0n) is 11.4. The Hall–Kier alpha value is -0.270. The molecule has 3 atom stereocenters. The predicted octanol–water partition coefficient (Wildman–Crippen LogP) is 0.972. The van der Waals surface area contributed by atoms with Crippen LogP contribution in [0.3, 0.4) is 0 Å². The molecule has 2 aliphatic rings. The van der Waals surface area contributed by atoms with Gasteiger partial charge in [0.2, 0.25) is 0 Å². The third-order valence-electron chi connectivity index (χ3n) is 2.46. The number of hydrogen-bond acceptors (Lipinski definition) is 5. The first-order valence-corrected chi connectivity index (χ1v) is 6.11. The fraction of sp³-hybridized carbons (Fsp3) is 1.00. The number of ether oxygens (including phenoxy) is 3. The molecule has 0 aromatic rings. The molecule has 0 spiro atoms. The Labute approximate surface area is 107 Å². The van der Waals surface area contributed by atoms with E-state index in [0.717, 1.165) is 0 Å². The van der Waals surface area contributed by atoms with Gasteiger partial charge in [0.1, 0.15) is 18.4 Å². The summed E-state index contributed by atoms with van der Waals surface area (Å²) in [6, 6.07) is 0. The number of halogens is 1. The average Bonchev–Trinajstić information content (AvgIpc) is 2.69. The molecule has 0 saturated carbocycles. The summed E-state index contributed by atoms with van der Waals surface area (Å²) in [5, 5.41) is 16.2. The highest BCUT2D eigenvalue weighted by Crippen LogP contribution is 2.30. The lowest BCUT2D eigenvalue weighted by Crippen LogP contribution is -2.35. The first-order valence-electron chi connectivity index (χ1n) is 6.11. The van der Waals surface area contributed by atoms with Crippen LogP contribution in [-0.4, -0.2) is 53.4 Å². The van der Waals surface area contributed by atoms with Gasteiger partial charge in [-0.3, -0.25) is 0 Å². The van der Waals surface area contributed by atoms with Gasteiger partial charge in [-0.25, -0.2) is 4.39 Å². The normalized spacial score (nSPS) is 35.2. The number of hydrogen-bond donors (Lipinski definition) is 2. The minimum absolute atomic E-state index is 0.243. The maximum Gasteiger partial charge on any atom is 0.163 e. The standard InChI is InChI=1S/C9H15FO3.C3H8O2/c1-9(2)12-5-7(13-9)8-6(10)3-4-11-8;1-3(2,4)5/h6-8H,3-5H2,1-2H3;4-5H,1-2H3/t6-,7?,8?;/m1./s1. The molecule has 0 aromatic carbocycles. The van der Waals surface area contributed by atoms with Crippen molar-refractivity contribution in [2.75, 3.05) is 13.2 Å². The van der Waals surface area contributed by atoms with Crippen molar-refractivity contribution >= 4 is 0 Å². The molecule has 2 fully saturated rings. The number of aliphatic hydroxyl groups is 2. The van der Waals surface area contributed by atoms with Crippen molar-refractivity contribution in [2.45, 2.75) is 64.1 Å². The monoisotopic (exact) mass is 266 g/mol. The van der Waals surface area contributed by atoms with Gasteiger partial charge in [0.05, 0.1) is 13.2 Å². The van der Waals surface area contributed by atoms with Gasteiger partial charge in [0, 0.05) is 6.42 Å². The predicted molar refractivity (Wildman–Crippen MR) is 62.7 cm³/mol. The zero-order chi connectivity index (χ0) is 14.0. The Bertz CT molecular complexity index is 258. The second kappa shape index (κ2) is 5.79. The molecule has 0 aromatic heterocycles. The van der Waals surface area contributed by atoms with Gasteiger partial charge in [0.15, 0.2) is 11.6 Å². The van der Waals surface area contributed by atoms with Gasteiger partial charge in [-0.05, 0) is 27.7 Å². The average molecular weight is 266 g/mol. The van der Waals surface area contributed by atoms with Gasteiger partial charge in [-0.1, -0.05) is 0 Å². The van der Waals surface area contributed by atoms with E-state index < -0.39 is 23.8 Å². The summed E-state index contributed by atoms with van der Waals surface area (Å²) in [6.07, 6.45) is -1.10. The van der Waals surface area contributed by atoms with Crippen molar-refractivity contribution in [1.82, 2.24) is 0 Å². The molecule has 0 radical (unpaired) electrons. The van der Waals surface area contributed by atoms with Crippen LogP contribution in [0.4, 0.5) is 4.39 Å². The van der Waals surface area contributed by atoms with Crippen molar-refractivity contribution in [3.8, 4) is 0 Å². The first-order chi connectivity index (χ1) is 8.08. The molecule has 2 saturated heterocycles. The van der Waals surface area contributed by atoms with Crippen LogP contribution in [0, 0.1) is 0 Å². The van der Waals surface area contributed by atoms with Gasteiger partial charge in [-0.2, -0.15) is 0 Å². The van der Waals surface area contributed by atoms with E-state index in [9.17, 15) is 4.39 Å². The highest BCUT2D eigenvalue weighted by Gasteiger charge is 2.43. The van der Waals surface area contributed by atoms with Crippen molar-refractivity contribution in [3.63, 3.8) is 0 Å². The van der Waals surface area contributed by atoms with Crippen LogP contribution in [0.15, 0.2) is 0 Å². The second-order valence-corrected chi connectivity index (χ2v) is 5.50. The van der Waals surface area contributed by atoms with Crippen molar-refractivity contribution in [3.05, 3.63) is 0 Å². The van der Waals surface area contributed by atoms with Crippen LogP contribution >= 0.6 is 0 Å². The molecule has 6 heteroatoms. The van der Waals surface area contributed by atoms with E-state index in [0.29, 0.717) is 19.6 Å². The summed E-state index contributed by atoms with van der Waals surface area (Å²) in [5.74, 6) is -2.09. The lowest BCUT2D eigenvalue weighted by Gasteiger charge is -2.21. The van der Waals surface area contributed by atoms with Gasteiger partial charge in [-0.15, -0.1) is 0 Å². The Morgan fingerprint density at radius 2 is 1.83 bits per heavy atom. The van der Waals surface area contributed by atoms with Crippen molar-refractivity contribution in [1.29, 1.82) is 0 Å². The van der Waals surface area contributed by atoms with Crippen molar-refractivity contribution in [2.24, 2.45) is 0 Å². The van der Waals surface area contributed by atoms with Crippen LogP contribution in [0.1, 0.15) is 34.1 Å². The maximum absolute atomic E-state index is 13.2. The molecule has 0 bridgehead atoms. The minimum atomic E-state index is -1.50. The first kappa shape index (κ1) is 15.8. The van der Waals surface area contributed by atoms with Gasteiger partial charge >= 0.3 is 0 Å². The molecule has 5 nitrogen and oxygen atoms in total. The Kier molecular flexibility index (Phi) is 5.08. The summed E-state index contributed by atoms with van der Waals surface area (Å²) >= 11 is 0. The summed E-state index contributed by atoms with van der Waals surface area (Å²) in [5.41, 5.74) is 0. The minimum Gasteiger partial charge on any atom is -0.372 e. The lowest BCUT2D eigenvalue weighted by molar-refractivity contribution is -0.155. The molecule has 108 valence electrons. The van der Waals surface area contributed by atoms with E-state index in [1.165, 1.54) is 13.8 Å². The largest absolute Gasteiger partial charge is 0.372 e. The van der Waals surface area contributed by atoms with Crippen molar-refractivity contribution < 1.29 is 28.8 Å². The van der Waals surface area contributed by atoms with Crippen LogP contribution in [0.25, 0.3) is 0 Å². The highest BCUT2D eigenvalue weighted by atomic mass is 19.1. The topological polar surface area (TPSA) is 68.2 Å². The highest BCUT2D eigenvalue weighted by molar-refractivity contribution is 4.87. The summed E-state index contributed by atoms with van der Waals surface area (Å²) in [7, 11) is 0. The summed E-state index contributed by atoms with van der Waals surface area (Å²) in [6.45, 7) is 7.18. The van der Waals surface area contributed by atoms with Crippen LogP contribution in [-0.2, 0) is 14.2 Å². The molecule has 2 N–H and O–H groups in total. The van der Waals surface area contributed by atoms with Gasteiger partial charge < -0.3 is 24.4 Å². The Morgan fingerprint density at radius 1 is 1.28 bits per heavy atom. The van der Waals surface area contributed by atoms with Crippen LogP contribution in [0.2, 0.25) is 0 Å². The molecular weight excluding hydrogens is 243 g/mol. The van der Waals surface area contributed by atoms with E-state index in [1.807, 2.05) is 13.8 Å². The quantitative estimate of drug-likeness (QED) is 0.692. The molecule has 2 unspecified atom stereocenters. The third kappa shape index (κ3) is 5.58. The molecular formula is C12H23FO5. The fourth-order valence-electron chi connectivity index (χ4n) is 1.80. The van der Waals surface area contributed by atoms with E-state index in [-0.39, 0.29) is 6.10 Å². The second-order valence-electron chi connectivity index (χ2n) is 5.50. The fourth-order valence-corrected chi connectivity index (χ4v) is 1.80. The molecule has 0 aliphatic carbocycles. The number of alkyl halides is 1. The molecule has 2 heterocycles. The van der Waals surface area contributed by atoms with Crippen LogP contribution in [0.5, 0.6) is 0 Å². The molecule has 2 rings (SSSR count). The van der Waals surface area contributed by atoms with Gasteiger partial charge in [0.25, 0.3) is 0 Å². The maximum atomic E-state index is 13.2. The zero-order valence-corrected chi connectivity index (χ0v) is 11.4. The summed E-state index contributed by atoms with van der Waals surface area (Å²) in [4.78, 5) is 0. The Balaban J connectivity index is 0.000000280. The molecule has 2 aliphatic heterocycles. The van der Waals surface area contributed by atoms with Crippen LogP contribution < -0.4 is 0 Å². The molecule has 0 amide bonds. The van der Waals surface area contributed by atoms with E-state index in [2.05, 4.69) is 0 Å². The van der Waals surface area contributed by atoms with E-state index >= 15 is 0 Å². The third-order valence-corrected chi connectivity index (χ3v) is 2.46. The molecule has 18 heavy (non-hydrogen) atoms. The van der Waals surface area contributed by atoms with E-state index in [1.54, 1.807) is 0 Å². The SMILES string of the molecule is CC(C)(O)O.CC1(C)OCC(C2OCC[C@H]2F)O1. The lowest BCUT2D eigenvalue weighted by atomic mass is 10.1.